The number of amides is 1. The van der Waals surface area contributed by atoms with Gasteiger partial charge in [-0.3, -0.25) is 4.79 Å². The highest BCUT2D eigenvalue weighted by molar-refractivity contribution is 7.15. The van der Waals surface area contributed by atoms with Gasteiger partial charge in [0.05, 0.1) is 25.2 Å². The Morgan fingerprint density at radius 2 is 1.74 bits per heavy atom. The van der Waals surface area contributed by atoms with E-state index in [0.29, 0.717) is 27.7 Å². The summed E-state index contributed by atoms with van der Waals surface area (Å²) >= 11 is 2.88. The number of rotatable bonds is 10. The molecule has 10 nitrogen and oxygen atoms in total. The molecule has 3 aliphatic rings. The van der Waals surface area contributed by atoms with E-state index >= 15 is 0 Å². The van der Waals surface area contributed by atoms with Crippen LogP contribution in [0.15, 0.2) is 18.2 Å². The third kappa shape index (κ3) is 6.67. The number of anilines is 3. The molecular weight excluding hydrogens is 546 g/mol. The zero-order chi connectivity index (χ0) is 27.0. The fourth-order valence-electron chi connectivity index (χ4n) is 5.16. The highest BCUT2D eigenvalue weighted by Crippen LogP contribution is 2.43. The summed E-state index contributed by atoms with van der Waals surface area (Å²) in [6.07, 6.45) is 6.50. The van der Waals surface area contributed by atoms with E-state index in [2.05, 4.69) is 36.0 Å². The van der Waals surface area contributed by atoms with Gasteiger partial charge in [-0.05, 0) is 43.7 Å². The second-order valence-corrected chi connectivity index (χ2v) is 12.7. The van der Waals surface area contributed by atoms with Gasteiger partial charge in [-0.25, -0.2) is 13.8 Å². The molecule has 0 aromatic carbocycles. The third-order valence-electron chi connectivity index (χ3n) is 7.35. The average molecular weight is 577 g/mol. The molecule has 3 aromatic rings. The van der Waals surface area contributed by atoms with Crippen LogP contribution < -0.4 is 15.5 Å². The van der Waals surface area contributed by atoms with Crippen LogP contribution in [0.4, 0.5) is 24.9 Å². The Bertz CT molecular complexity index is 1310. The van der Waals surface area contributed by atoms with E-state index in [4.69, 9.17) is 0 Å². The molecule has 0 spiro atoms. The van der Waals surface area contributed by atoms with E-state index in [1.165, 1.54) is 40.4 Å². The molecule has 3 aromatic heterocycles. The maximum absolute atomic E-state index is 13.2. The van der Waals surface area contributed by atoms with Gasteiger partial charge in [0.25, 0.3) is 5.92 Å². The minimum atomic E-state index is -2.68. The van der Waals surface area contributed by atoms with Crippen molar-refractivity contribution in [1.82, 2.24) is 25.4 Å². The first-order valence-electron chi connectivity index (χ1n) is 13.3. The van der Waals surface area contributed by atoms with Crippen molar-refractivity contribution in [2.75, 3.05) is 28.6 Å². The van der Waals surface area contributed by atoms with E-state index in [9.17, 15) is 18.7 Å². The van der Waals surface area contributed by atoms with Gasteiger partial charge in [0.2, 0.25) is 16.2 Å². The van der Waals surface area contributed by atoms with E-state index in [1.54, 1.807) is 18.2 Å². The summed E-state index contributed by atoms with van der Waals surface area (Å²) in [6.45, 7) is -0.711. The molecule has 14 heteroatoms. The van der Waals surface area contributed by atoms with E-state index < -0.39 is 12.2 Å². The van der Waals surface area contributed by atoms with Crippen molar-refractivity contribution in [1.29, 1.82) is 0 Å². The van der Waals surface area contributed by atoms with Crippen LogP contribution >= 0.6 is 22.7 Å². The fourth-order valence-corrected chi connectivity index (χ4v) is 7.00. The smallest absolute Gasteiger partial charge is 0.282 e. The van der Waals surface area contributed by atoms with Gasteiger partial charge in [-0.1, -0.05) is 48.0 Å². The Morgan fingerprint density at radius 3 is 2.44 bits per heavy atom. The summed E-state index contributed by atoms with van der Waals surface area (Å²) in [4.78, 5) is 18.5. The quantitative estimate of drug-likeness (QED) is 0.301. The van der Waals surface area contributed by atoms with Gasteiger partial charge >= 0.3 is 0 Å². The Morgan fingerprint density at radius 1 is 1.05 bits per heavy atom. The fraction of sp³-hybridized carbons (Fsp3) is 0.600. The predicted molar refractivity (Wildman–Crippen MR) is 144 cm³/mol. The largest absolute Gasteiger partial charge is 0.374 e. The molecule has 208 valence electrons. The van der Waals surface area contributed by atoms with Crippen LogP contribution in [0.25, 0.3) is 0 Å². The maximum atomic E-state index is 13.2. The van der Waals surface area contributed by atoms with Crippen LogP contribution in [-0.2, 0) is 11.2 Å². The molecule has 1 aliphatic heterocycles. The zero-order valence-corrected chi connectivity index (χ0v) is 22.9. The third-order valence-corrected chi connectivity index (χ3v) is 9.36. The summed E-state index contributed by atoms with van der Waals surface area (Å²) in [5, 5.41) is 36.2. The monoisotopic (exact) mass is 576 g/mol. The Balaban J connectivity index is 1.01. The van der Waals surface area contributed by atoms with Crippen molar-refractivity contribution >= 4 is 44.7 Å². The second-order valence-electron chi connectivity index (χ2n) is 10.7. The van der Waals surface area contributed by atoms with Gasteiger partial charge in [0.1, 0.15) is 22.1 Å². The Kier molecular flexibility index (Phi) is 7.42. The van der Waals surface area contributed by atoms with Crippen molar-refractivity contribution in [3.8, 4) is 0 Å². The number of nitrogens with one attached hydrogen (secondary N) is 2. The van der Waals surface area contributed by atoms with Crippen LogP contribution in [0.5, 0.6) is 0 Å². The summed E-state index contributed by atoms with van der Waals surface area (Å²) in [6, 6.07) is 5.09. The number of carbonyl (C=O) groups excluding carboxylic acids is 1. The number of alkyl halides is 2. The van der Waals surface area contributed by atoms with E-state index in [-0.39, 0.29) is 37.3 Å². The number of aliphatic hydroxyl groups excluding tert-OH is 1. The molecule has 3 atom stereocenters. The SMILES string of the molecule is O=C(Cc1cccc(N2CC(F)(F)C2)n1)Nc1nnc([C@H]2CCC[C@H](c3nnc(NC(O)CC4CC4)s3)C2)s1. The summed E-state index contributed by atoms with van der Waals surface area (Å²) in [5.74, 6) is -1.40. The molecule has 1 saturated heterocycles. The van der Waals surface area contributed by atoms with Gasteiger partial charge in [-0.2, -0.15) is 0 Å². The first-order valence-corrected chi connectivity index (χ1v) is 14.9. The number of nitrogens with zero attached hydrogens (tertiary/aromatic N) is 6. The summed E-state index contributed by atoms with van der Waals surface area (Å²) in [5.41, 5.74) is 0.506. The highest BCUT2D eigenvalue weighted by Gasteiger charge is 2.44. The molecule has 1 amide bonds. The normalized spacial score (nSPS) is 23.2. The summed E-state index contributed by atoms with van der Waals surface area (Å²) in [7, 11) is 0. The molecule has 3 N–H and O–H groups in total. The number of aliphatic hydroxyl groups is 1. The van der Waals surface area contributed by atoms with Gasteiger partial charge < -0.3 is 20.6 Å². The molecular formula is C25H30F2N8O2S2. The number of halogens is 2. The minimum absolute atomic E-state index is 0.0151. The van der Waals surface area contributed by atoms with Crippen molar-refractivity contribution in [2.24, 2.45) is 5.92 Å². The van der Waals surface area contributed by atoms with Crippen LogP contribution in [0.3, 0.4) is 0 Å². The lowest BCUT2D eigenvalue weighted by Gasteiger charge is -2.39. The lowest BCUT2D eigenvalue weighted by molar-refractivity contribution is -0.115. The van der Waals surface area contributed by atoms with E-state index in [1.807, 2.05) is 0 Å². The average Bonchev–Trinajstić information content (AvgIpc) is 3.37. The molecule has 3 fully saturated rings. The van der Waals surface area contributed by atoms with Crippen LogP contribution in [0.1, 0.15) is 72.5 Å². The van der Waals surface area contributed by atoms with Crippen molar-refractivity contribution in [2.45, 2.75) is 75.4 Å². The predicted octanol–water partition coefficient (Wildman–Crippen LogP) is 4.39. The molecule has 39 heavy (non-hydrogen) atoms. The van der Waals surface area contributed by atoms with Gasteiger partial charge in [0, 0.05) is 11.8 Å². The summed E-state index contributed by atoms with van der Waals surface area (Å²) < 4.78 is 26.4. The van der Waals surface area contributed by atoms with Crippen LogP contribution in [0.2, 0.25) is 0 Å². The Hall–Kier alpha value is -2.84. The number of carbonyl (C=O) groups is 1. The molecule has 1 unspecified atom stereocenters. The van der Waals surface area contributed by atoms with Gasteiger partial charge in [-0.15, -0.1) is 20.4 Å². The number of hydrogen-bond acceptors (Lipinski definition) is 11. The van der Waals surface area contributed by atoms with E-state index in [0.717, 1.165) is 42.1 Å². The highest BCUT2D eigenvalue weighted by atomic mass is 32.1. The standard InChI is InChI=1S/C25H30F2N8O2S2/c26-25(27)12-35(13-25)18-6-2-5-17(28-18)11-20(37)30-24-34-32-22(39-24)16-4-1-3-15(10-16)21-31-33-23(38-21)29-19(36)9-14-7-8-14/h2,5-6,14-16,19,36H,1,3-4,7-13H2,(H,29,33)(H,30,34,37)/t15-,16-,19?/m0/s1. The molecule has 6 rings (SSSR count). The second kappa shape index (κ2) is 11.0. The number of aromatic nitrogens is 5. The van der Waals surface area contributed by atoms with Crippen molar-refractivity contribution in [3.05, 3.63) is 33.9 Å². The maximum Gasteiger partial charge on any atom is 0.282 e. The van der Waals surface area contributed by atoms with Crippen molar-refractivity contribution < 1.29 is 18.7 Å². The van der Waals surface area contributed by atoms with Crippen LogP contribution in [-0.4, -0.2) is 61.6 Å². The first-order chi connectivity index (χ1) is 18.8. The lowest BCUT2D eigenvalue weighted by Crippen LogP contribution is -2.56. The van der Waals surface area contributed by atoms with Crippen molar-refractivity contribution in [3.63, 3.8) is 0 Å². The minimum Gasteiger partial charge on any atom is -0.374 e. The number of pyridine rings is 1. The lowest BCUT2D eigenvalue weighted by atomic mass is 9.82. The molecule has 0 radical (unpaired) electrons. The molecule has 2 saturated carbocycles. The van der Waals surface area contributed by atoms with Crippen LogP contribution in [0, 0.1) is 5.92 Å². The topological polar surface area (TPSA) is 129 Å². The molecule has 0 bridgehead atoms. The first kappa shape index (κ1) is 26.4. The molecule has 2 aliphatic carbocycles. The molecule has 4 heterocycles. The Labute approximate surface area is 232 Å². The number of hydrogen-bond donors (Lipinski definition) is 3. The zero-order valence-electron chi connectivity index (χ0n) is 21.2. The van der Waals surface area contributed by atoms with Gasteiger partial charge in [0.15, 0.2) is 0 Å².